The van der Waals surface area contributed by atoms with Crippen LogP contribution in [0, 0.1) is 0 Å². The minimum Gasteiger partial charge on any atom is -0.494 e. The molecule has 0 heterocycles. The molecular formula is C22H29NO2. The quantitative estimate of drug-likeness (QED) is 0.699. The van der Waals surface area contributed by atoms with Gasteiger partial charge in [0.2, 0.25) is 5.91 Å². The maximum absolute atomic E-state index is 11.8. The van der Waals surface area contributed by atoms with Crippen LogP contribution < -0.4 is 10.1 Å². The third-order valence-corrected chi connectivity index (χ3v) is 4.16. The zero-order valence-corrected chi connectivity index (χ0v) is 15.5. The van der Waals surface area contributed by atoms with Crippen LogP contribution in [0.4, 0.5) is 0 Å². The molecule has 0 saturated heterocycles. The van der Waals surface area contributed by atoms with Crippen molar-refractivity contribution in [2.24, 2.45) is 0 Å². The molecule has 0 fully saturated rings. The molecule has 2 aromatic rings. The molecule has 1 N–H and O–H groups in total. The summed E-state index contributed by atoms with van der Waals surface area (Å²) >= 11 is 0. The summed E-state index contributed by atoms with van der Waals surface area (Å²) in [4.78, 5) is 11.8. The molecule has 0 aliphatic heterocycles. The van der Waals surface area contributed by atoms with Gasteiger partial charge in [0.1, 0.15) is 5.75 Å². The molecule has 0 bridgehead atoms. The Bertz CT molecular complexity index is 647. The molecule has 0 aromatic heterocycles. The predicted octanol–water partition coefficient (Wildman–Crippen LogP) is 4.99. The lowest BCUT2D eigenvalue weighted by atomic mass is 10.0. The normalized spacial score (nSPS) is 11.8. The van der Waals surface area contributed by atoms with Gasteiger partial charge in [0.25, 0.3) is 0 Å². The fourth-order valence-electron chi connectivity index (χ4n) is 2.83. The number of hydrogen-bond acceptors (Lipinski definition) is 2. The van der Waals surface area contributed by atoms with Crippen LogP contribution in [0.1, 0.15) is 45.6 Å². The molecule has 0 aliphatic carbocycles. The van der Waals surface area contributed by atoms with Crippen molar-refractivity contribution in [3.63, 3.8) is 0 Å². The lowest BCUT2D eigenvalue weighted by molar-refractivity contribution is -0.121. The molecule has 0 saturated carbocycles. The number of rotatable bonds is 9. The van der Waals surface area contributed by atoms with Gasteiger partial charge in [-0.05, 0) is 55.5 Å². The molecule has 0 radical (unpaired) electrons. The van der Waals surface area contributed by atoms with E-state index >= 15 is 0 Å². The Balaban J connectivity index is 1.91. The van der Waals surface area contributed by atoms with Crippen LogP contribution in [0.2, 0.25) is 0 Å². The zero-order chi connectivity index (χ0) is 18.1. The molecule has 25 heavy (non-hydrogen) atoms. The summed E-state index contributed by atoms with van der Waals surface area (Å²) in [6.07, 6.45) is 3.48. The number of carbonyl (C=O) groups excluding carboxylic acids is 1. The minimum absolute atomic E-state index is 0.153. The van der Waals surface area contributed by atoms with Crippen LogP contribution >= 0.6 is 0 Å². The number of ether oxygens (including phenoxy) is 1. The smallest absolute Gasteiger partial charge is 0.220 e. The van der Waals surface area contributed by atoms with Gasteiger partial charge in [-0.1, -0.05) is 49.7 Å². The summed E-state index contributed by atoms with van der Waals surface area (Å²) in [5.74, 6) is 1.05. The van der Waals surface area contributed by atoms with E-state index in [1.54, 1.807) is 0 Å². The Labute approximate surface area is 151 Å². The van der Waals surface area contributed by atoms with Crippen molar-refractivity contribution in [2.75, 3.05) is 6.61 Å². The monoisotopic (exact) mass is 339 g/mol. The van der Waals surface area contributed by atoms with Gasteiger partial charge < -0.3 is 10.1 Å². The summed E-state index contributed by atoms with van der Waals surface area (Å²) in [5, 5.41) is 3.07. The third-order valence-electron chi connectivity index (χ3n) is 4.16. The molecule has 3 heteroatoms. The highest BCUT2D eigenvalue weighted by Crippen LogP contribution is 2.23. The van der Waals surface area contributed by atoms with Crippen molar-refractivity contribution in [1.29, 1.82) is 0 Å². The van der Waals surface area contributed by atoms with Crippen LogP contribution in [-0.2, 0) is 11.2 Å². The van der Waals surface area contributed by atoms with Crippen LogP contribution in [0.25, 0.3) is 11.1 Å². The van der Waals surface area contributed by atoms with E-state index < -0.39 is 0 Å². The topological polar surface area (TPSA) is 38.3 Å². The number of amides is 1. The van der Waals surface area contributed by atoms with E-state index in [2.05, 4.69) is 55.6 Å². The average Bonchev–Trinajstić information content (AvgIpc) is 2.61. The largest absolute Gasteiger partial charge is 0.494 e. The number of carbonyl (C=O) groups is 1. The number of nitrogens with one attached hydrogen (secondary N) is 1. The Kier molecular flexibility index (Phi) is 7.52. The van der Waals surface area contributed by atoms with Gasteiger partial charge in [0, 0.05) is 12.5 Å². The summed E-state index contributed by atoms with van der Waals surface area (Å²) in [5.41, 5.74) is 3.60. The molecule has 1 unspecified atom stereocenters. The van der Waals surface area contributed by atoms with Gasteiger partial charge in [-0.25, -0.2) is 0 Å². The first-order chi connectivity index (χ1) is 12.1. The predicted molar refractivity (Wildman–Crippen MR) is 104 cm³/mol. The fourth-order valence-corrected chi connectivity index (χ4v) is 2.83. The van der Waals surface area contributed by atoms with E-state index in [4.69, 9.17) is 4.74 Å². The maximum atomic E-state index is 11.8. The Hall–Kier alpha value is -2.29. The van der Waals surface area contributed by atoms with Gasteiger partial charge in [-0.3, -0.25) is 4.79 Å². The van der Waals surface area contributed by atoms with Crippen LogP contribution in [0.3, 0.4) is 0 Å². The lowest BCUT2D eigenvalue weighted by Gasteiger charge is -2.14. The van der Waals surface area contributed by atoms with E-state index in [1.807, 2.05) is 19.1 Å². The van der Waals surface area contributed by atoms with Crippen molar-refractivity contribution >= 4 is 5.91 Å². The minimum atomic E-state index is 0.153. The van der Waals surface area contributed by atoms with Crippen molar-refractivity contribution < 1.29 is 9.53 Å². The molecule has 2 rings (SSSR count). The van der Waals surface area contributed by atoms with Gasteiger partial charge in [0.05, 0.1) is 6.61 Å². The second-order valence-electron chi connectivity index (χ2n) is 6.43. The molecular weight excluding hydrogens is 310 g/mol. The zero-order valence-electron chi connectivity index (χ0n) is 15.5. The summed E-state index contributed by atoms with van der Waals surface area (Å²) in [6.45, 7) is 6.83. The summed E-state index contributed by atoms with van der Waals surface area (Å²) in [6, 6.07) is 16.9. The lowest BCUT2D eigenvalue weighted by Crippen LogP contribution is -2.33. The van der Waals surface area contributed by atoms with Crippen LogP contribution in [0.5, 0.6) is 5.75 Å². The Morgan fingerprint density at radius 2 is 1.60 bits per heavy atom. The summed E-state index contributed by atoms with van der Waals surface area (Å²) < 4.78 is 5.48. The molecule has 134 valence electrons. The van der Waals surface area contributed by atoms with Crippen molar-refractivity contribution in [3.05, 3.63) is 54.1 Å². The number of unbranched alkanes of at least 4 members (excludes halogenated alkanes) is 1. The fraction of sp³-hybridized carbons (Fsp3) is 0.409. The Morgan fingerprint density at radius 1 is 1.00 bits per heavy atom. The highest BCUT2D eigenvalue weighted by atomic mass is 16.5. The molecule has 1 amide bonds. The van der Waals surface area contributed by atoms with Crippen molar-refractivity contribution in [3.8, 4) is 16.9 Å². The Morgan fingerprint density at radius 3 is 2.16 bits per heavy atom. The SMILES string of the molecule is CCCCC(=O)NC(C)Cc1ccc(-c2ccc(OCC)cc2)cc1. The number of hydrogen-bond donors (Lipinski definition) is 1. The summed E-state index contributed by atoms with van der Waals surface area (Å²) in [7, 11) is 0. The second kappa shape index (κ2) is 9.87. The van der Waals surface area contributed by atoms with E-state index in [0.717, 1.165) is 25.0 Å². The van der Waals surface area contributed by atoms with Gasteiger partial charge in [-0.2, -0.15) is 0 Å². The second-order valence-corrected chi connectivity index (χ2v) is 6.43. The highest BCUT2D eigenvalue weighted by molar-refractivity contribution is 5.76. The van der Waals surface area contributed by atoms with E-state index in [9.17, 15) is 4.79 Å². The molecule has 0 aliphatic rings. The first-order valence-corrected chi connectivity index (χ1v) is 9.24. The van der Waals surface area contributed by atoms with Gasteiger partial charge >= 0.3 is 0 Å². The van der Waals surface area contributed by atoms with Crippen LogP contribution in [-0.4, -0.2) is 18.6 Å². The molecule has 0 spiro atoms. The van der Waals surface area contributed by atoms with Gasteiger partial charge in [0.15, 0.2) is 0 Å². The maximum Gasteiger partial charge on any atom is 0.220 e. The van der Waals surface area contributed by atoms with Crippen molar-refractivity contribution in [1.82, 2.24) is 5.32 Å². The van der Waals surface area contributed by atoms with Crippen LogP contribution in [0.15, 0.2) is 48.5 Å². The molecule has 3 nitrogen and oxygen atoms in total. The number of benzene rings is 2. The van der Waals surface area contributed by atoms with E-state index in [1.165, 1.54) is 16.7 Å². The molecule has 1 atom stereocenters. The highest BCUT2D eigenvalue weighted by Gasteiger charge is 2.08. The molecule has 2 aromatic carbocycles. The third kappa shape index (κ3) is 6.26. The van der Waals surface area contributed by atoms with Crippen molar-refractivity contribution in [2.45, 2.75) is 52.5 Å². The van der Waals surface area contributed by atoms with Gasteiger partial charge in [-0.15, -0.1) is 0 Å². The standard InChI is InChI=1S/C22H29NO2/c1-4-6-7-22(24)23-17(3)16-18-8-10-19(11-9-18)20-12-14-21(15-13-20)25-5-2/h8-15,17H,4-7,16H2,1-3H3,(H,23,24). The average molecular weight is 339 g/mol. The first-order valence-electron chi connectivity index (χ1n) is 9.24. The van der Waals surface area contributed by atoms with E-state index in [0.29, 0.717) is 13.0 Å². The van der Waals surface area contributed by atoms with E-state index in [-0.39, 0.29) is 11.9 Å². The first kappa shape index (κ1) is 19.0.